The number of rotatable bonds is 4. The number of benzene rings is 2. The number of hydrogen-bond donors (Lipinski definition) is 1. The summed E-state index contributed by atoms with van der Waals surface area (Å²) in [5.74, 6) is -1.22. The molecule has 0 spiro atoms. The first-order valence-corrected chi connectivity index (χ1v) is 9.92. The number of allylic oxidation sites excluding steroid dienone is 2. The molecule has 0 amide bonds. The van der Waals surface area contributed by atoms with Gasteiger partial charge in [-0.25, -0.2) is 17.9 Å². The van der Waals surface area contributed by atoms with Gasteiger partial charge in [0.05, 0.1) is 0 Å². The van der Waals surface area contributed by atoms with Crippen LogP contribution in [0.3, 0.4) is 0 Å². The van der Waals surface area contributed by atoms with Gasteiger partial charge in [-0.3, -0.25) is 0 Å². The van der Waals surface area contributed by atoms with Crippen molar-refractivity contribution in [1.29, 1.82) is 0 Å². The lowest BCUT2D eigenvalue weighted by Gasteiger charge is -2.14. The summed E-state index contributed by atoms with van der Waals surface area (Å²) in [6.07, 6.45) is -2.66. The van der Waals surface area contributed by atoms with Gasteiger partial charge in [-0.1, -0.05) is 12.1 Å². The molecule has 1 aliphatic carbocycles. The van der Waals surface area contributed by atoms with Crippen LogP contribution in [0.4, 0.5) is 17.6 Å². The van der Waals surface area contributed by atoms with Crippen molar-refractivity contribution in [2.24, 2.45) is 5.14 Å². The summed E-state index contributed by atoms with van der Waals surface area (Å²) in [6, 6.07) is 8.10. The van der Waals surface area contributed by atoms with Gasteiger partial charge >= 0.3 is 6.36 Å². The zero-order chi connectivity index (χ0) is 20.7. The number of nitrogens with two attached hydrogens (primary N) is 1. The Morgan fingerprint density at radius 2 is 1.57 bits per heavy atom. The SMILES string of the molecule is Cc1cc(C2=C(c3ccc(S(N)(=O)=O)c(F)c3)CCC2)ccc1OC(F)(F)F. The highest BCUT2D eigenvalue weighted by molar-refractivity contribution is 7.89. The third-order valence-electron chi connectivity index (χ3n) is 4.55. The van der Waals surface area contributed by atoms with Crippen LogP contribution in [0.5, 0.6) is 5.75 Å². The first-order chi connectivity index (χ1) is 13.0. The quantitative estimate of drug-likeness (QED) is 0.731. The Morgan fingerprint density at radius 3 is 2.07 bits per heavy atom. The normalized spacial score (nSPS) is 15.2. The number of primary sulfonamides is 1. The Labute approximate surface area is 159 Å². The van der Waals surface area contributed by atoms with Gasteiger partial charge in [0, 0.05) is 0 Å². The third kappa shape index (κ3) is 4.36. The van der Waals surface area contributed by atoms with Crippen LogP contribution in [0.2, 0.25) is 0 Å². The molecule has 2 N–H and O–H groups in total. The van der Waals surface area contributed by atoms with Crippen molar-refractivity contribution < 1.29 is 30.7 Å². The first kappa shape index (κ1) is 20.3. The molecule has 4 nitrogen and oxygen atoms in total. The lowest BCUT2D eigenvalue weighted by Crippen LogP contribution is -2.17. The van der Waals surface area contributed by atoms with E-state index in [1.807, 2.05) is 0 Å². The maximum absolute atomic E-state index is 14.2. The van der Waals surface area contributed by atoms with Crippen molar-refractivity contribution >= 4 is 21.2 Å². The molecule has 1 aliphatic rings. The van der Waals surface area contributed by atoms with Gasteiger partial charge < -0.3 is 4.74 Å². The number of alkyl halides is 3. The first-order valence-electron chi connectivity index (χ1n) is 8.37. The molecule has 0 radical (unpaired) electrons. The van der Waals surface area contributed by atoms with E-state index in [4.69, 9.17) is 5.14 Å². The molecule has 0 aliphatic heterocycles. The van der Waals surface area contributed by atoms with Gasteiger partial charge in [0.1, 0.15) is 16.5 Å². The van der Waals surface area contributed by atoms with Crippen LogP contribution in [0.25, 0.3) is 11.1 Å². The van der Waals surface area contributed by atoms with Crippen molar-refractivity contribution in [2.45, 2.75) is 37.4 Å². The second kappa shape index (κ2) is 7.21. The maximum Gasteiger partial charge on any atom is 0.573 e. The van der Waals surface area contributed by atoms with E-state index in [2.05, 4.69) is 4.74 Å². The Balaban J connectivity index is 2.01. The highest BCUT2D eigenvalue weighted by Gasteiger charge is 2.32. The number of ether oxygens (including phenoxy) is 1. The minimum Gasteiger partial charge on any atom is -0.406 e. The van der Waals surface area contributed by atoms with E-state index in [-0.39, 0.29) is 5.75 Å². The summed E-state index contributed by atoms with van der Waals surface area (Å²) in [7, 11) is -4.16. The minimum absolute atomic E-state index is 0.278. The molecule has 0 saturated heterocycles. The molecule has 28 heavy (non-hydrogen) atoms. The predicted molar refractivity (Wildman–Crippen MR) is 96.3 cm³/mol. The Bertz CT molecular complexity index is 1060. The molecular formula is C19H17F4NO3S. The summed E-state index contributed by atoms with van der Waals surface area (Å²) in [5, 5.41) is 4.98. The molecule has 0 saturated carbocycles. The Kier molecular flexibility index (Phi) is 5.24. The second-order valence-electron chi connectivity index (χ2n) is 6.53. The topological polar surface area (TPSA) is 69.4 Å². The lowest BCUT2D eigenvalue weighted by molar-refractivity contribution is -0.274. The molecule has 0 atom stereocenters. The summed E-state index contributed by atoms with van der Waals surface area (Å²) < 4.78 is 78.3. The Hall–Kier alpha value is -2.39. The van der Waals surface area contributed by atoms with E-state index in [1.54, 1.807) is 6.07 Å². The zero-order valence-corrected chi connectivity index (χ0v) is 15.6. The highest BCUT2D eigenvalue weighted by atomic mass is 32.2. The van der Waals surface area contributed by atoms with Crippen LogP contribution in [0.15, 0.2) is 41.3 Å². The van der Waals surface area contributed by atoms with E-state index in [9.17, 15) is 26.0 Å². The molecule has 2 aromatic rings. The molecular weight excluding hydrogens is 398 g/mol. The molecule has 9 heteroatoms. The van der Waals surface area contributed by atoms with Gasteiger partial charge in [-0.15, -0.1) is 13.2 Å². The molecule has 3 rings (SSSR count). The molecule has 150 valence electrons. The zero-order valence-electron chi connectivity index (χ0n) is 14.8. The van der Waals surface area contributed by atoms with E-state index >= 15 is 0 Å². The maximum atomic E-state index is 14.2. The van der Waals surface area contributed by atoms with E-state index in [0.29, 0.717) is 24.0 Å². The van der Waals surface area contributed by atoms with Gasteiger partial charge in [0.2, 0.25) is 10.0 Å². The smallest absolute Gasteiger partial charge is 0.406 e. The molecule has 0 aromatic heterocycles. The van der Waals surface area contributed by atoms with Gasteiger partial charge in [0.25, 0.3) is 0 Å². The van der Waals surface area contributed by atoms with E-state index in [0.717, 1.165) is 35.3 Å². The molecule has 0 bridgehead atoms. The van der Waals surface area contributed by atoms with Gasteiger partial charge in [0.15, 0.2) is 0 Å². The fourth-order valence-corrected chi connectivity index (χ4v) is 3.96. The lowest BCUT2D eigenvalue weighted by atomic mass is 9.96. The van der Waals surface area contributed by atoms with Crippen LogP contribution < -0.4 is 9.88 Å². The molecule has 0 unspecified atom stereocenters. The van der Waals surface area contributed by atoms with Crippen molar-refractivity contribution in [2.75, 3.05) is 0 Å². The number of sulfonamides is 1. The van der Waals surface area contributed by atoms with E-state index in [1.165, 1.54) is 25.1 Å². The van der Waals surface area contributed by atoms with E-state index < -0.39 is 27.1 Å². The summed E-state index contributed by atoms with van der Waals surface area (Å²) >= 11 is 0. The van der Waals surface area contributed by atoms with Crippen molar-refractivity contribution in [1.82, 2.24) is 0 Å². The summed E-state index contributed by atoms with van der Waals surface area (Å²) in [6.45, 7) is 1.51. The van der Waals surface area contributed by atoms with Crippen LogP contribution >= 0.6 is 0 Å². The van der Waals surface area contributed by atoms with Gasteiger partial charge in [-0.05, 0) is 78.3 Å². The summed E-state index contributed by atoms with van der Waals surface area (Å²) in [5.41, 5.74) is 3.26. The summed E-state index contributed by atoms with van der Waals surface area (Å²) in [4.78, 5) is -0.583. The molecule has 2 aromatic carbocycles. The average Bonchev–Trinajstić information content (AvgIpc) is 3.04. The fourth-order valence-electron chi connectivity index (χ4n) is 3.38. The predicted octanol–water partition coefficient (Wildman–Crippen LogP) is 4.77. The van der Waals surface area contributed by atoms with Crippen LogP contribution in [0.1, 0.15) is 36.0 Å². The second-order valence-corrected chi connectivity index (χ2v) is 8.06. The monoisotopic (exact) mass is 415 g/mol. The third-order valence-corrected chi connectivity index (χ3v) is 5.50. The minimum atomic E-state index is -4.77. The molecule has 0 fully saturated rings. The van der Waals surface area contributed by atoms with Gasteiger partial charge in [-0.2, -0.15) is 0 Å². The largest absolute Gasteiger partial charge is 0.573 e. The van der Waals surface area contributed by atoms with Crippen LogP contribution in [0, 0.1) is 12.7 Å². The fraction of sp³-hybridized carbons (Fsp3) is 0.263. The Morgan fingerprint density at radius 1 is 1.00 bits per heavy atom. The number of halogens is 4. The number of hydrogen-bond acceptors (Lipinski definition) is 3. The number of aryl methyl sites for hydroxylation is 1. The van der Waals surface area contributed by atoms with Crippen molar-refractivity contribution in [3.05, 3.63) is 58.9 Å². The highest BCUT2D eigenvalue weighted by Crippen LogP contribution is 2.41. The molecule has 0 heterocycles. The van der Waals surface area contributed by atoms with Crippen LogP contribution in [-0.2, 0) is 10.0 Å². The van der Waals surface area contributed by atoms with Crippen LogP contribution in [-0.4, -0.2) is 14.8 Å². The average molecular weight is 415 g/mol. The standard InChI is InChI=1S/C19H17F4NO3S/c1-11-9-12(5-7-17(11)27-19(21,22)23)14-3-2-4-15(14)13-6-8-18(16(20)10-13)28(24,25)26/h5-10H,2-4H2,1H3,(H2,24,25,26). The van der Waals surface area contributed by atoms with Crippen molar-refractivity contribution in [3.63, 3.8) is 0 Å². The van der Waals surface area contributed by atoms with Crippen molar-refractivity contribution in [3.8, 4) is 5.75 Å².